The monoisotopic (exact) mass is 395 g/mol. The molecule has 2 rings (SSSR count). The Labute approximate surface area is 164 Å². The van der Waals surface area contributed by atoms with Gasteiger partial charge in [-0.3, -0.25) is 5.32 Å². The molecule has 5 nitrogen and oxygen atoms in total. The fourth-order valence-electron chi connectivity index (χ4n) is 2.17. The molecule has 0 fully saturated rings. The van der Waals surface area contributed by atoms with Crippen LogP contribution in [-0.2, 0) is 9.39 Å². The van der Waals surface area contributed by atoms with Gasteiger partial charge in [-0.05, 0) is 71.4 Å². The lowest BCUT2D eigenvalue weighted by molar-refractivity contribution is -0.0893. The molecule has 1 amide bonds. The highest BCUT2D eigenvalue weighted by Gasteiger charge is 2.35. The van der Waals surface area contributed by atoms with Crippen LogP contribution in [-0.4, -0.2) is 35.5 Å². The van der Waals surface area contributed by atoms with Crippen molar-refractivity contribution in [3.63, 3.8) is 0 Å². The number of anilines is 1. The third-order valence-corrected chi connectivity index (χ3v) is 5.47. The van der Waals surface area contributed by atoms with Crippen LogP contribution in [0.1, 0.15) is 48.5 Å². The minimum atomic E-state index is -1.04. The summed E-state index contributed by atoms with van der Waals surface area (Å²) in [7, 11) is 0.205. The molecule has 8 heteroatoms. The first kappa shape index (κ1) is 21.7. The first-order valence-electron chi connectivity index (χ1n) is 8.77. The Morgan fingerprint density at radius 1 is 1.19 bits per heavy atom. The molecule has 0 radical (unpaired) electrons. The van der Waals surface area contributed by atoms with Crippen molar-refractivity contribution in [2.45, 2.75) is 65.3 Å². The number of hydrogen-bond donors (Lipinski definition) is 2. The maximum Gasteiger partial charge on any atom is 0.412 e. The number of ether oxygens (including phenoxy) is 1. The summed E-state index contributed by atoms with van der Waals surface area (Å²) in [6.07, 6.45) is -0.588. The molecule has 0 bridgehead atoms. The van der Waals surface area contributed by atoms with E-state index < -0.39 is 22.9 Å². The number of thiophene rings is 1. The number of fused-ring (bicyclic) bond motifs is 1. The maximum absolute atomic E-state index is 14.2. The van der Waals surface area contributed by atoms with E-state index in [2.05, 4.69) is 5.32 Å². The van der Waals surface area contributed by atoms with Gasteiger partial charge >= 0.3 is 13.6 Å². The zero-order chi connectivity index (χ0) is 20.6. The molecule has 1 aromatic heterocycles. The van der Waals surface area contributed by atoms with E-state index >= 15 is 0 Å². The summed E-state index contributed by atoms with van der Waals surface area (Å²) in [6, 6.07) is 4.75. The molecule has 0 spiro atoms. The molecule has 0 aliphatic carbocycles. The molecule has 0 saturated heterocycles. The standard InChI is InChI=1S/C19H27BFNO4S/c1-17(2,3)25-16(23)22-14-10-11-12(8-9-13(21)15(11)27-14)20-26-19(6,7)18(4,5)24/h8-10,20,24H,1-7H3,(H,22,23). The summed E-state index contributed by atoms with van der Waals surface area (Å²) >= 11 is 1.14. The predicted molar refractivity (Wildman–Crippen MR) is 110 cm³/mol. The maximum atomic E-state index is 14.2. The van der Waals surface area contributed by atoms with Crippen LogP contribution in [0.2, 0.25) is 0 Å². The van der Waals surface area contributed by atoms with E-state index in [1.54, 1.807) is 60.6 Å². The number of benzene rings is 1. The Balaban J connectivity index is 2.26. The Bertz CT molecular complexity index is 837. The average Bonchev–Trinajstić information content (AvgIpc) is 2.87. The summed E-state index contributed by atoms with van der Waals surface area (Å²) < 4.78 is 25.8. The van der Waals surface area contributed by atoms with Gasteiger partial charge < -0.3 is 14.5 Å². The van der Waals surface area contributed by atoms with Crippen LogP contribution in [0.4, 0.5) is 14.2 Å². The summed E-state index contributed by atoms with van der Waals surface area (Å²) in [4.78, 5) is 12.0. The number of rotatable bonds is 5. The molecule has 1 heterocycles. The Morgan fingerprint density at radius 3 is 2.37 bits per heavy atom. The average molecular weight is 395 g/mol. The SMILES string of the molecule is CC(C)(C)OC(=O)Nc1cc2c(BOC(C)(C)C(C)(C)O)ccc(F)c2s1. The lowest BCUT2D eigenvalue weighted by Crippen LogP contribution is -2.49. The lowest BCUT2D eigenvalue weighted by Gasteiger charge is -2.37. The second-order valence-electron chi connectivity index (χ2n) is 8.54. The molecule has 2 aromatic rings. The summed E-state index contributed by atoms with van der Waals surface area (Å²) in [5, 5.41) is 14.0. The second kappa shape index (κ2) is 7.41. The van der Waals surface area contributed by atoms with Gasteiger partial charge in [-0.1, -0.05) is 6.07 Å². The minimum Gasteiger partial charge on any atom is -0.444 e. The fraction of sp³-hybridized carbons (Fsp3) is 0.526. The van der Waals surface area contributed by atoms with E-state index in [0.29, 0.717) is 15.1 Å². The molecular formula is C19H27BFNO4S. The molecule has 0 aliphatic heterocycles. The lowest BCUT2D eigenvalue weighted by atomic mass is 9.81. The van der Waals surface area contributed by atoms with Crippen molar-refractivity contribution in [2.75, 3.05) is 5.32 Å². The zero-order valence-electron chi connectivity index (χ0n) is 16.9. The topological polar surface area (TPSA) is 67.8 Å². The quantitative estimate of drug-likeness (QED) is 0.753. The van der Waals surface area contributed by atoms with Gasteiger partial charge in [-0.2, -0.15) is 0 Å². The molecule has 0 saturated carbocycles. The highest BCUT2D eigenvalue weighted by molar-refractivity contribution is 7.23. The van der Waals surface area contributed by atoms with Crippen LogP contribution in [0.5, 0.6) is 0 Å². The van der Waals surface area contributed by atoms with Crippen LogP contribution in [0, 0.1) is 5.82 Å². The van der Waals surface area contributed by atoms with E-state index in [0.717, 1.165) is 16.8 Å². The first-order valence-corrected chi connectivity index (χ1v) is 9.58. The van der Waals surface area contributed by atoms with Crippen LogP contribution >= 0.6 is 11.3 Å². The van der Waals surface area contributed by atoms with E-state index in [4.69, 9.17) is 9.39 Å². The van der Waals surface area contributed by atoms with Crippen molar-refractivity contribution in [1.82, 2.24) is 0 Å². The summed E-state index contributed by atoms with van der Waals surface area (Å²) in [5.41, 5.74) is -1.67. The van der Waals surface area contributed by atoms with Crippen LogP contribution in [0.15, 0.2) is 18.2 Å². The Morgan fingerprint density at radius 2 is 1.81 bits per heavy atom. The smallest absolute Gasteiger partial charge is 0.412 e. The van der Waals surface area contributed by atoms with Crippen molar-refractivity contribution in [3.05, 3.63) is 24.0 Å². The van der Waals surface area contributed by atoms with Crippen molar-refractivity contribution < 1.29 is 23.7 Å². The number of halogens is 1. The van der Waals surface area contributed by atoms with Gasteiger partial charge in [0.1, 0.15) is 11.4 Å². The van der Waals surface area contributed by atoms with Gasteiger partial charge in [-0.25, -0.2) is 9.18 Å². The van der Waals surface area contributed by atoms with Crippen LogP contribution in [0.3, 0.4) is 0 Å². The molecule has 148 valence electrons. The van der Waals surface area contributed by atoms with Gasteiger partial charge in [-0.15, -0.1) is 11.3 Å². The highest BCUT2D eigenvalue weighted by atomic mass is 32.1. The molecule has 0 unspecified atom stereocenters. The number of amides is 1. The van der Waals surface area contributed by atoms with E-state index in [1.165, 1.54) is 6.07 Å². The molecule has 2 N–H and O–H groups in total. The van der Waals surface area contributed by atoms with Crippen LogP contribution < -0.4 is 10.8 Å². The number of carbonyl (C=O) groups excluding carboxylic acids is 1. The number of hydrogen-bond acceptors (Lipinski definition) is 5. The van der Waals surface area contributed by atoms with Gasteiger partial charge in [0.05, 0.1) is 20.9 Å². The number of carbonyl (C=O) groups is 1. The van der Waals surface area contributed by atoms with E-state index in [1.807, 2.05) is 0 Å². The zero-order valence-corrected chi connectivity index (χ0v) is 17.7. The van der Waals surface area contributed by atoms with E-state index in [9.17, 15) is 14.3 Å². The van der Waals surface area contributed by atoms with Gasteiger partial charge in [0.2, 0.25) is 0 Å². The number of aliphatic hydroxyl groups is 1. The normalized spacial score (nSPS) is 12.9. The van der Waals surface area contributed by atoms with Gasteiger partial charge in [0.15, 0.2) is 0 Å². The van der Waals surface area contributed by atoms with E-state index in [-0.39, 0.29) is 13.3 Å². The fourth-order valence-corrected chi connectivity index (χ4v) is 3.17. The molecule has 0 aliphatic rings. The Hall–Kier alpha value is -1.64. The second-order valence-corrected chi connectivity index (χ2v) is 9.60. The third-order valence-electron chi connectivity index (χ3n) is 4.41. The van der Waals surface area contributed by atoms with Crippen LogP contribution in [0.25, 0.3) is 10.1 Å². The highest BCUT2D eigenvalue weighted by Crippen LogP contribution is 2.31. The van der Waals surface area contributed by atoms with Crippen molar-refractivity contribution in [3.8, 4) is 0 Å². The van der Waals surface area contributed by atoms with Crippen molar-refractivity contribution >= 4 is 45.5 Å². The molecule has 1 aromatic carbocycles. The first-order chi connectivity index (χ1) is 12.2. The molecular weight excluding hydrogens is 368 g/mol. The molecule has 27 heavy (non-hydrogen) atoms. The van der Waals surface area contributed by atoms with Gasteiger partial charge in [0, 0.05) is 0 Å². The number of nitrogens with one attached hydrogen (secondary N) is 1. The predicted octanol–water partition coefficient (Wildman–Crippen LogP) is 3.93. The van der Waals surface area contributed by atoms with Crippen molar-refractivity contribution in [2.24, 2.45) is 0 Å². The molecule has 0 atom stereocenters. The Kier molecular flexibility index (Phi) is 5.95. The van der Waals surface area contributed by atoms with Gasteiger partial charge in [0.25, 0.3) is 0 Å². The summed E-state index contributed by atoms with van der Waals surface area (Å²) in [6.45, 7) is 12.3. The summed E-state index contributed by atoms with van der Waals surface area (Å²) in [5.74, 6) is -0.363. The van der Waals surface area contributed by atoms with Crippen molar-refractivity contribution in [1.29, 1.82) is 0 Å². The minimum absolute atomic E-state index is 0.205. The third kappa shape index (κ3) is 5.43. The largest absolute Gasteiger partial charge is 0.444 e.